The molecule has 0 aromatic heterocycles. The Labute approximate surface area is 120 Å². The van der Waals surface area contributed by atoms with Crippen LogP contribution >= 0.6 is 15.9 Å². The summed E-state index contributed by atoms with van der Waals surface area (Å²) >= 11 is 3.07. The zero-order valence-corrected chi connectivity index (χ0v) is 12.7. The number of carbonyl (C=O) groups excluding carboxylic acids is 1. The summed E-state index contributed by atoms with van der Waals surface area (Å²) in [7, 11) is 0. The number of hydrogen-bond donors (Lipinski definition) is 1. The van der Waals surface area contributed by atoms with Gasteiger partial charge in [0.25, 0.3) is 0 Å². The van der Waals surface area contributed by atoms with Gasteiger partial charge in [-0.25, -0.2) is 9.18 Å². The summed E-state index contributed by atoms with van der Waals surface area (Å²) in [5, 5.41) is 2.56. The maximum Gasteiger partial charge on any atom is 0.407 e. The van der Waals surface area contributed by atoms with E-state index in [9.17, 15) is 9.18 Å². The van der Waals surface area contributed by atoms with E-state index in [1.54, 1.807) is 20.8 Å². The van der Waals surface area contributed by atoms with Crippen LogP contribution in [-0.4, -0.2) is 24.8 Å². The Morgan fingerprint density at radius 3 is 2.68 bits per heavy atom. The Morgan fingerprint density at radius 1 is 1.42 bits per heavy atom. The Bertz CT molecular complexity index is 446. The van der Waals surface area contributed by atoms with E-state index >= 15 is 0 Å². The van der Waals surface area contributed by atoms with Crippen LogP contribution in [0.1, 0.15) is 20.8 Å². The molecule has 19 heavy (non-hydrogen) atoms. The fraction of sp³-hybridized carbons (Fsp3) is 0.462. The number of carbonyl (C=O) groups is 1. The van der Waals surface area contributed by atoms with Crippen LogP contribution in [-0.2, 0) is 4.74 Å². The second-order valence-electron chi connectivity index (χ2n) is 4.85. The third-order valence-corrected chi connectivity index (χ3v) is 2.54. The van der Waals surface area contributed by atoms with Gasteiger partial charge in [0.15, 0.2) is 0 Å². The van der Waals surface area contributed by atoms with Crippen LogP contribution in [0.3, 0.4) is 0 Å². The summed E-state index contributed by atoms with van der Waals surface area (Å²) in [6.07, 6.45) is -0.489. The predicted molar refractivity (Wildman–Crippen MR) is 73.8 cm³/mol. The van der Waals surface area contributed by atoms with Gasteiger partial charge in [-0.05, 0) is 54.9 Å². The van der Waals surface area contributed by atoms with Gasteiger partial charge in [-0.15, -0.1) is 0 Å². The third-order valence-electron chi connectivity index (χ3n) is 1.93. The second-order valence-corrected chi connectivity index (χ2v) is 5.71. The lowest BCUT2D eigenvalue weighted by Gasteiger charge is -2.19. The molecule has 0 saturated heterocycles. The molecule has 1 aromatic carbocycles. The quantitative estimate of drug-likeness (QED) is 0.858. The molecular formula is C13H17BrFNO3. The summed E-state index contributed by atoms with van der Waals surface area (Å²) < 4.78 is 23.7. The number of benzene rings is 1. The Morgan fingerprint density at radius 2 is 2.11 bits per heavy atom. The number of halogens is 2. The molecule has 0 spiro atoms. The van der Waals surface area contributed by atoms with Crippen LogP contribution in [0, 0.1) is 5.82 Å². The first-order valence-electron chi connectivity index (χ1n) is 5.82. The average Bonchev–Trinajstić information content (AvgIpc) is 2.27. The van der Waals surface area contributed by atoms with E-state index in [1.807, 2.05) is 0 Å². The molecule has 6 heteroatoms. The summed E-state index contributed by atoms with van der Waals surface area (Å²) in [5.74, 6) is 0.179. The Balaban J connectivity index is 2.27. The molecule has 0 aliphatic carbocycles. The molecule has 0 atom stereocenters. The van der Waals surface area contributed by atoms with Gasteiger partial charge in [0, 0.05) is 0 Å². The van der Waals surface area contributed by atoms with Gasteiger partial charge in [-0.2, -0.15) is 0 Å². The number of ether oxygens (including phenoxy) is 2. The van der Waals surface area contributed by atoms with Crippen molar-refractivity contribution in [2.24, 2.45) is 0 Å². The van der Waals surface area contributed by atoms with Crippen molar-refractivity contribution in [1.82, 2.24) is 5.32 Å². The number of hydrogen-bond acceptors (Lipinski definition) is 3. The molecule has 1 rings (SSSR count). The molecule has 1 aromatic rings. The second kappa shape index (κ2) is 6.75. The molecular weight excluding hydrogens is 317 g/mol. The lowest BCUT2D eigenvalue weighted by Crippen LogP contribution is -2.34. The van der Waals surface area contributed by atoms with Gasteiger partial charge in [0.05, 0.1) is 11.0 Å². The average molecular weight is 334 g/mol. The van der Waals surface area contributed by atoms with Crippen molar-refractivity contribution in [3.8, 4) is 5.75 Å². The lowest BCUT2D eigenvalue weighted by molar-refractivity contribution is 0.0520. The zero-order chi connectivity index (χ0) is 14.5. The van der Waals surface area contributed by atoms with Crippen LogP contribution in [0.5, 0.6) is 5.75 Å². The van der Waals surface area contributed by atoms with Crippen molar-refractivity contribution in [2.45, 2.75) is 26.4 Å². The van der Waals surface area contributed by atoms with Crippen molar-refractivity contribution < 1.29 is 18.7 Å². The maximum absolute atomic E-state index is 13.0. The molecule has 0 aliphatic rings. The lowest BCUT2D eigenvalue weighted by atomic mass is 10.2. The van der Waals surface area contributed by atoms with Crippen LogP contribution in [0.25, 0.3) is 0 Å². The number of rotatable bonds is 4. The van der Waals surface area contributed by atoms with E-state index < -0.39 is 11.7 Å². The highest BCUT2D eigenvalue weighted by atomic mass is 79.9. The number of alkyl carbamates (subject to hydrolysis) is 1. The van der Waals surface area contributed by atoms with Gasteiger partial charge in [-0.1, -0.05) is 0 Å². The largest absolute Gasteiger partial charge is 0.492 e. The van der Waals surface area contributed by atoms with E-state index in [0.29, 0.717) is 16.8 Å². The minimum atomic E-state index is -0.521. The summed E-state index contributed by atoms with van der Waals surface area (Å²) in [4.78, 5) is 11.3. The zero-order valence-electron chi connectivity index (χ0n) is 11.1. The molecule has 1 amide bonds. The number of nitrogens with one attached hydrogen (secondary N) is 1. The van der Waals surface area contributed by atoms with Crippen molar-refractivity contribution in [2.75, 3.05) is 13.2 Å². The fourth-order valence-electron chi connectivity index (χ4n) is 1.20. The minimum Gasteiger partial charge on any atom is -0.492 e. The Kier molecular flexibility index (Phi) is 5.60. The van der Waals surface area contributed by atoms with Gasteiger partial charge >= 0.3 is 6.09 Å². The van der Waals surface area contributed by atoms with Crippen molar-refractivity contribution in [3.63, 3.8) is 0 Å². The van der Waals surface area contributed by atoms with E-state index in [1.165, 1.54) is 18.2 Å². The summed E-state index contributed by atoms with van der Waals surface area (Å²) in [6.45, 7) is 5.96. The summed E-state index contributed by atoms with van der Waals surface area (Å²) in [6, 6.07) is 4.36. The van der Waals surface area contributed by atoms with Crippen molar-refractivity contribution in [1.29, 1.82) is 0 Å². The van der Waals surface area contributed by atoms with E-state index in [2.05, 4.69) is 21.2 Å². The molecule has 4 nitrogen and oxygen atoms in total. The normalized spacial score (nSPS) is 11.0. The first-order chi connectivity index (χ1) is 8.78. The van der Waals surface area contributed by atoms with Crippen LogP contribution in [0.15, 0.2) is 22.7 Å². The fourth-order valence-corrected chi connectivity index (χ4v) is 1.56. The first-order valence-corrected chi connectivity index (χ1v) is 6.62. The number of amides is 1. The van der Waals surface area contributed by atoms with Crippen LogP contribution < -0.4 is 10.1 Å². The molecule has 1 N–H and O–H groups in total. The van der Waals surface area contributed by atoms with Crippen molar-refractivity contribution >= 4 is 22.0 Å². The molecule has 0 fully saturated rings. The molecule has 0 bridgehead atoms. The highest BCUT2D eigenvalue weighted by Crippen LogP contribution is 2.21. The molecule has 0 unspecified atom stereocenters. The van der Waals surface area contributed by atoms with Gasteiger partial charge in [-0.3, -0.25) is 0 Å². The first kappa shape index (κ1) is 15.8. The summed E-state index contributed by atoms with van der Waals surface area (Å²) in [5.41, 5.74) is -0.521. The predicted octanol–water partition coefficient (Wildman–Crippen LogP) is 3.49. The van der Waals surface area contributed by atoms with E-state index in [4.69, 9.17) is 9.47 Å². The van der Waals surface area contributed by atoms with E-state index in [0.717, 1.165) is 0 Å². The SMILES string of the molecule is CC(C)(C)OC(=O)NCCOc1ccc(F)c(Br)c1. The Hall–Kier alpha value is -1.30. The molecule has 106 valence electrons. The van der Waals surface area contributed by atoms with Crippen LogP contribution in [0.4, 0.5) is 9.18 Å². The van der Waals surface area contributed by atoms with Gasteiger partial charge in [0.2, 0.25) is 0 Å². The van der Waals surface area contributed by atoms with Crippen LogP contribution in [0.2, 0.25) is 0 Å². The van der Waals surface area contributed by atoms with Crippen molar-refractivity contribution in [3.05, 3.63) is 28.5 Å². The van der Waals surface area contributed by atoms with E-state index in [-0.39, 0.29) is 12.4 Å². The standard InChI is InChI=1S/C13H17BrFNO3/c1-13(2,3)19-12(17)16-6-7-18-9-4-5-11(15)10(14)8-9/h4-5,8H,6-7H2,1-3H3,(H,16,17). The highest BCUT2D eigenvalue weighted by molar-refractivity contribution is 9.10. The third kappa shape index (κ3) is 6.42. The molecule has 0 saturated carbocycles. The van der Waals surface area contributed by atoms with Gasteiger partial charge in [0.1, 0.15) is 23.8 Å². The van der Waals surface area contributed by atoms with Gasteiger partial charge < -0.3 is 14.8 Å². The highest BCUT2D eigenvalue weighted by Gasteiger charge is 2.15. The monoisotopic (exact) mass is 333 g/mol. The molecule has 0 radical (unpaired) electrons. The minimum absolute atomic E-state index is 0.275. The topological polar surface area (TPSA) is 47.6 Å². The maximum atomic E-state index is 13.0. The molecule has 0 aliphatic heterocycles. The smallest absolute Gasteiger partial charge is 0.407 e. The molecule has 0 heterocycles.